The number of rotatable bonds is 5. The fourth-order valence-electron chi connectivity index (χ4n) is 3.40. The lowest BCUT2D eigenvalue weighted by molar-refractivity contribution is -0.120. The van der Waals surface area contributed by atoms with E-state index in [4.69, 9.17) is 5.73 Å². The zero-order valence-electron chi connectivity index (χ0n) is 16.1. The van der Waals surface area contributed by atoms with Gasteiger partial charge in [-0.2, -0.15) is 0 Å². The normalized spacial score (nSPS) is 21.3. The van der Waals surface area contributed by atoms with Gasteiger partial charge >= 0.3 is 0 Å². The van der Waals surface area contributed by atoms with Crippen LogP contribution in [0.25, 0.3) is 10.4 Å². The number of thiazole rings is 1. The van der Waals surface area contributed by atoms with E-state index in [9.17, 15) is 9.90 Å². The first-order chi connectivity index (χ1) is 13.8. The van der Waals surface area contributed by atoms with E-state index in [1.807, 2.05) is 32.0 Å². The molecule has 9 heteroatoms. The lowest BCUT2D eigenvalue weighted by Crippen LogP contribution is -2.36. The van der Waals surface area contributed by atoms with E-state index >= 15 is 0 Å². The van der Waals surface area contributed by atoms with E-state index in [-0.39, 0.29) is 13.0 Å². The molecule has 0 aliphatic carbocycles. The number of nitrogens with zero attached hydrogens (tertiary/aromatic N) is 3. The number of anilines is 2. The van der Waals surface area contributed by atoms with Crippen LogP contribution in [0, 0.1) is 13.8 Å². The molecule has 5 N–H and O–H groups in total. The van der Waals surface area contributed by atoms with Gasteiger partial charge < -0.3 is 21.5 Å². The summed E-state index contributed by atoms with van der Waals surface area (Å²) in [7, 11) is 0. The molecule has 0 bridgehead atoms. The number of β-amino-alcohol motifs (C(OH)–C–C–N with tert-alkyl or cyclic N) is 1. The molecule has 0 saturated carbocycles. The molecule has 3 heterocycles. The number of aromatic nitrogens is 3. The molecule has 0 spiro atoms. The predicted molar refractivity (Wildman–Crippen MR) is 112 cm³/mol. The van der Waals surface area contributed by atoms with Gasteiger partial charge in [-0.15, -0.1) is 11.3 Å². The summed E-state index contributed by atoms with van der Waals surface area (Å²) in [6, 6.07) is 7.37. The Bertz CT molecular complexity index is 1070. The first kappa shape index (κ1) is 19.4. The van der Waals surface area contributed by atoms with Crippen molar-refractivity contribution in [3.05, 3.63) is 52.9 Å². The van der Waals surface area contributed by atoms with Crippen molar-refractivity contribution < 1.29 is 9.90 Å². The highest BCUT2D eigenvalue weighted by Gasteiger charge is 2.43. The van der Waals surface area contributed by atoms with Crippen LogP contribution in [0.5, 0.6) is 0 Å². The van der Waals surface area contributed by atoms with Gasteiger partial charge in [-0.3, -0.25) is 4.79 Å². The summed E-state index contributed by atoms with van der Waals surface area (Å²) in [6.07, 6.45) is 3.68. The molecule has 1 saturated heterocycles. The van der Waals surface area contributed by atoms with Crippen LogP contribution in [0.3, 0.4) is 0 Å². The zero-order chi connectivity index (χ0) is 20.6. The van der Waals surface area contributed by atoms with Gasteiger partial charge in [-0.05, 0) is 43.2 Å². The molecular weight excluding hydrogens is 388 g/mol. The maximum absolute atomic E-state index is 11.4. The van der Waals surface area contributed by atoms with E-state index in [2.05, 4.69) is 31.7 Å². The number of nitrogens with two attached hydrogens (primary N) is 1. The monoisotopic (exact) mass is 410 g/mol. The number of carbonyl (C=O) groups is 1. The van der Waals surface area contributed by atoms with E-state index in [0.29, 0.717) is 11.0 Å². The van der Waals surface area contributed by atoms with Crippen molar-refractivity contribution in [1.82, 2.24) is 20.3 Å². The van der Waals surface area contributed by atoms with Crippen molar-refractivity contribution in [2.24, 2.45) is 5.73 Å². The molecule has 1 fully saturated rings. The molecule has 0 radical (unpaired) electrons. The second-order valence-electron chi connectivity index (χ2n) is 7.34. The quantitative estimate of drug-likeness (QED) is 0.507. The third-order valence-corrected chi connectivity index (χ3v) is 6.08. The van der Waals surface area contributed by atoms with Gasteiger partial charge in [0.15, 0.2) is 0 Å². The van der Waals surface area contributed by atoms with Crippen molar-refractivity contribution >= 4 is 28.9 Å². The topological polar surface area (TPSA) is 126 Å². The van der Waals surface area contributed by atoms with Crippen LogP contribution in [0.2, 0.25) is 0 Å². The van der Waals surface area contributed by atoms with E-state index in [1.165, 1.54) is 11.3 Å². The van der Waals surface area contributed by atoms with Gasteiger partial charge in [0.2, 0.25) is 11.9 Å². The molecule has 1 amide bonds. The first-order valence-corrected chi connectivity index (χ1v) is 10.0. The van der Waals surface area contributed by atoms with Crippen molar-refractivity contribution in [2.75, 3.05) is 11.9 Å². The number of hydrogen-bond acceptors (Lipinski definition) is 8. The number of primary amides is 1. The van der Waals surface area contributed by atoms with Gasteiger partial charge in [-0.1, -0.05) is 6.07 Å². The number of aryl methyl sites for hydroxylation is 2. The fraction of sp³-hybridized carbons (Fsp3) is 0.300. The summed E-state index contributed by atoms with van der Waals surface area (Å²) in [5, 5.41) is 17.7. The first-order valence-electron chi connectivity index (χ1n) is 9.22. The third-order valence-electron chi connectivity index (χ3n) is 4.84. The molecule has 1 aromatic carbocycles. The van der Waals surface area contributed by atoms with Crippen LogP contribution < -0.4 is 16.4 Å². The van der Waals surface area contributed by atoms with Crippen LogP contribution in [-0.4, -0.2) is 38.6 Å². The zero-order valence-corrected chi connectivity index (χ0v) is 17.0. The lowest BCUT2D eigenvalue weighted by atomic mass is 10.0. The molecule has 2 aromatic heterocycles. The molecule has 1 aliphatic heterocycles. The summed E-state index contributed by atoms with van der Waals surface area (Å²) in [6.45, 7) is 4.18. The van der Waals surface area contributed by atoms with E-state index in [0.717, 1.165) is 27.4 Å². The number of hydrogen-bond donors (Lipinski definition) is 4. The maximum Gasteiger partial charge on any atom is 0.234 e. The van der Waals surface area contributed by atoms with Crippen LogP contribution in [-0.2, 0) is 10.4 Å². The summed E-state index contributed by atoms with van der Waals surface area (Å²) in [4.78, 5) is 25.4. The van der Waals surface area contributed by atoms with Gasteiger partial charge in [0.25, 0.3) is 0 Å². The highest BCUT2D eigenvalue weighted by atomic mass is 32.1. The van der Waals surface area contributed by atoms with Crippen LogP contribution in [0.4, 0.5) is 11.6 Å². The Morgan fingerprint density at radius 3 is 2.90 bits per heavy atom. The standard InChI is InChI=1S/C20H22N6O2S/c1-11-5-13(7-14(6-11)26-19-22-4-3-12(2)25-19)16-9-23-18(29-16)20(28)8-15(17(21)27)24-10-20/h3-7,9,15,24,28H,8,10H2,1-2H3,(H2,21,27)(H,22,25,26). The Morgan fingerprint density at radius 2 is 2.17 bits per heavy atom. The van der Waals surface area contributed by atoms with Crippen molar-refractivity contribution in [3.8, 4) is 10.4 Å². The molecule has 4 rings (SSSR count). The molecule has 2 unspecified atom stereocenters. The summed E-state index contributed by atoms with van der Waals surface area (Å²) in [5.74, 6) is 0.0702. The second kappa shape index (κ2) is 7.51. The number of aliphatic hydroxyl groups is 1. The third kappa shape index (κ3) is 4.12. The van der Waals surface area contributed by atoms with Gasteiger partial charge in [-0.25, -0.2) is 15.0 Å². The average molecular weight is 411 g/mol. The minimum atomic E-state index is -1.19. The highest BCUT2D eigenvalue weighted by molar-refractivity contribution is 7.15. The van der Waals surface area contributed by atoms with Crippen LogP contribution in [0.15, 0.2) is 36.7 Å². The van der Waals surface area contributed by atoms with E-state index < -0.39 is 17.6 Å². The van der Waals surface area contributed by atoms with E-state index in [1.54, 1.807) is 12.4 Å². The Hall–Kier alpha value is -2.88. The molecule has 3 aromatic rings. The Balaban J connectivity index is 1.59. The molecular formula is C20H22N6O2S. The van der Waals surface area contributed by atoms with Gasteiger partial charge in [0.05, 0.1) is 10.9 Å². The predicted octanol–water partition coefficient (Wildman–Crippen LogP) is 2.00. The fourth-order valence-corrected chi connectivity index (χ4v) is 4.40. The minimum Gasteiger partial charge on any atom is -0.381 e. The van der Waals surface area contributed by atoms with Gasteiger partial charge in [0, 0.05) is 36.7 Å². The highest BCUT2D eigenvalue weighted by Crippen LogP contribution is 2.37. The Kier molecular flexibility index (Phi) is 5.03. The van der Waals surface area contributed by atoms with Crippen LogP contribution >= 0.6 is 11.3 Å². The summed E-state index contributed by atoms with van der Waals surface area (Å²) >= 11 is 1.41. The number of carbonyl (C=O) groups excluding carboxylic acids is 1. The van der Waals surface area contributed by atoms with Crippen LogP contribution in [0.1, 0.15) is 22.7 Å². The summed E-state index contributed by atoms with van der Waals surface area (Å²) < 4.78 is 0. The molecule has 2 atom stereocenters. The Labute approximate surface area is 172 Å². The summed E-state index contributed by atoms with van der Waals surface area (Å²) in [5.41, 5.74) is 7.96. The minimum absolute atomic E-state index is 0.223. The van der Waals surface area contributed by atoms with Crippen molar-refractivity contribution in [3.63, 3.8) is 0 Å². The van der Waals surface area contributed by atoms with Gasteiger partial charge in [0.1, 0.15) is 10.6 Å². The van der Waals surface area contributed by atoms with Crippen molar-refractivity contribution in [1.29, 1.82) is 0 Å². The maximum atomic E-state index is 11.4. The number of benzene rings is 1. The SMILES string of the molecule is Cc1cc(Nc2nccc(C)n2)cc(-c2cnc(C3(O)CNC(C(N)=O)C3)s2)c1. The average Bonchev–Trinajstić information content (AvgIpc) is 3.29. The molecule has 29 heavy (non-hydrogen) atoms. The van der Waals surface area contributed by atoms with Crippen molar-refractivity contribution in [2.45, 2.75) is 31.9 Å². The Morgan fingerprint density at radius 1 is 1.34 bits per heavy atom. The second-order valence-corrected chi connectivity index (χ2v) is 8.37. The number of nitrogens with one attached hydrogen (secondary N) is 2. The lowest BCUT2D eigenvalue weighted by Gasteiger charge is -2.18. The molecule has 8 nitrogen and oxygen atoms in total. The molecule has 150 valence electrons. The molecule has 1 aliphatic rings. The smallest absolute Gasteiger partial charge is 0.234 e. The number of amides is 1. The largest absolute Gasteiger partial charge is 0.381 e.